The van der Waals surface area contributed by atoms with Crippen molar-refractivity contribution < 1.29 is 22.4 Å². The summed E-state index contributed by atoms with van der Waals surface area (Å²) in [6.07, 6.45) is 1.47. The molecule has 2 aromatic rings. The van der Waals surface area contributed by atoms with Crippen LogP contribution in [0.1, 0.15) is 24.7 Å². The first-order valence-electron chi connectivity index (χ1n) is 7.68. The summed E-state index contributed by atoms with van der Waals surface area (Å²) in [5, 5.41) is 0. The molecule has 0 aliphatic carbocycles. The molecule has 0 aliphatic rings. The number of furan rings is 1. The minimum absolute atomic E-state index is 0.0143. The molecular formula is C17H21NO5S. The number of benzene rings is 1. The van der Waals surface area contributed by atoms with Crippen molar-refractivity contribution >= 4 is 16.0 Å². The molecule has 1 aromatic carbocycles. The Morgan fingerprint density at radius 1 is 1.25 bits per heavy atom. The molecule has 0 bridgehead atoms. The van der Waals surface area contributed by atoms with Crippen LogP contribution in [-0.2, 0) is 26.1 Å². The lowest BCUT2D eigenvalue weighted by atomic mass is 10.2. The number of carbonyl (C=O) groups is 1. The zero-order chi connectivity index (χ0) is 17.6. The van der Waals surface area contributed by atoms with Gasteiger partial charge in [-0.1, -0.05) is 12.1 Å². The van der Waals surface area contributed by atoms with Crippen LogP contribution in [0.3, 0.4) is 0 Å². The summed E-state index contributed by atoms with van der Waals surface area (Å²) >= 11 is 0. The Kier molecular flexibility index (Phi) is 6.16. The first kappa shape index (κ1) is 18.2. The number of esters is 1. The van der Waals surface area contributed by atoms with E-state index >= 15 is 0 Å². The van der Waals surface area contributed by atoms with E-state index in [9.17, 15) is 13.2 Å². The van der Waals surface area contributed by atoms with E-state index in [1.54, 1.807) is 37.3 Å². The van der Waals surface area contributed by atoms with E-state index in [4.69, 9.17) is 9.15 Å². The molecule has 0 spiro atoms. The van der Waals surface area contributed by atoms with Gasteiger partial charge in [-0.2, -0.15) is 4.31 Å². The van der Waals surface area contributed by atoms with Gasteiger partial charge in [-0.3, -0.25) is 4.79 Å². The normalized spacial score (nSPS) is 11.6. The number of ether oxygens (including phenoxy) is 1. The molecule has 1 aromatic heterocycles. The van der Waals surface area contributed by atoms with Crippen LogP contribution in [0.25, 0.3) is 0 Å². The third-order valence-corrected chi connectivity index (χ3v) is 5.25. The SMILES string of the molecule is CCOC(=O)CCN(Cc1ccco1)S(=O)(=O)c1cccc(C)c1. The first-order chi connectivity index (χ1) is 11.4. The van der Waals surface area contributed by atoms with E-state index in [1.807, 2.05) is 13.0 Å². The van der Waals surface area contributed by atoms with Crippen molar-refractivity contribution in [3.63, 3.8) is 0 Å². The fraction of sp³-hybridized carbons (Fsp3) is 0.353. The van der Waals surface area contributed by atoms with Gasteiger partial charge in [0.25, 0.3) is 0 Å². The summed E-state index contributed by atoms with van der Waals surface area (Å²) < 4.78 is 37.2. The summed E-state index contributed by atoms with van der Waals surface area (Å²) in [5.41, 5.74) is 0.847. The van der Waals surface area contributed by atoms with Gasteiger partial charge < -0.3 is 9.15 Å². The molecular weight excluding hydrogens is 330 g/mol. The summed E-state index contributed by atoms with van der Waals surface area (Å²) in [7, 11) is -3.74. The van der Waals surface area contributed by atoms with Crippen LogP contribution in [0, 0.1) is 6.92 Å². The molecule has 0 saturated heterocycles. The molecule has 0 fully saturated rings. The summed E-state index contributed by atoms with van der Waals surface area (Å²) in [6, 6.07) is 10.1. The van der Waals surface area contributed by atoms with Gasteiger partial charge in [0, 0.05) is 6.54 Å². The highest BCUT2D eigenvalue weighted by molar-refractivity contribution is 7.89. The van der Waals surface area contributed by atoms with Crippen LogP contribution in [0.4, 0.5) is 0 Å². The highest BCUT2D eigenvalue weighted by Crippen LogP contribution is 2.20. The zero-order valence-corrected chi connectivity index (χ0v) is 14.6. The Hall–Kier alpha value is -2.12. The second-order valence-corrected chi connectivity index (χ2v) is 7.23. The van der Waals surface area contributed by atoms with Gasteiger partial charge in [-0.15, -0.1) is 0 Å². The Morgan fingerprint density at radius 2 is 2.04 bits per heavy atom. The Bertz CT molecular complexity index is 768. The number of nitrogens with zero attached hydrogens (tertiary/aromatic N) is 1. The third kappa shape index (κ3) is 4.69. The Balaban J connectivity index is 2.24. The van der Waals surface area contributed by atoms with Crippen molar-refractivity contribution in [2.45, 2.75) is 31.7 Å². The lowest BCUT2D eigenvalue weighted by molar-refractivity contribution is -0.143. The number of aryl methyl sites for hydroxylation is 1. The predicted octanol–water partition coefficient (Wildman–Crippen LogP) is 2.73. The standard InChI is InChI=1S/C17H21NO5S/c1-3-22-17(19)9-10-18(13-15-7-5-11-23-15)24(20,21)16-8-4-6-14(2)12-16/h4-8,11-12H,3,9-10,13H2,1-2H3. The molecule has 1 heterocycles. The summed E-state index contributed by atoms with van der Waals surface area (Å²) in [6.45, 7) is 3.89. The fourth-order valence-electron chi connectivity index (χ4n) is 2.23. The molecule has 0 saturated carbocycles. The van der Waals surface area contributed by atoms with Crippen molar-refractivity contribution in [2.75, 3.05) is 13.2 Å². The van der Waals surface area contributed by atoms with Gasteiger partial charge in [-0.25, -0.2) is 8.42 Å². The highest BCUT2D eigenvalue weighted by Gasteiger charge is 2.26. The van der Waals surface area contributed by atoms with Crippen molar-refractivity contribution in [1.29, 1.82) is 0 Å². The van der Waals surface area contributed by atoms with Crippen LogP contribution < -0.4 is 0 Å². The maximum absolute atomic E-state index is 12.9. The number of rotatable bonds is 8. The molecule has 24 heavy (non-hydrogen) atoms. The van der Waals surface area contributed by atoms with Crippen LogP contribution in [0.5, 0.6) is 0 Å². The Labute approximate surface area is 142 Å². The fourth-order valence-corrected chi connectivity index (χ4v) is 3.75. The van der Waals surface area contributed by atoms with Crippen LogP contribution in [-0.4, -0.2) is 31.8 Å². The van der Waals surface area contributed by atoms with E-state index in [-0.39, 0.29) is 31.0 Å². The molecule has 0 radical (unpaired) electrons. The lowest BCUT2D eigenvalue weighted by Crippen LogP contribution is -2.33. The van der Waals surface area contributed by atoms with Crippen molar-refractivity contribution in [3.05, 3.63) is 54.0 Å². The predicted molar refractivity (Wildman–Crippen MR) is 88.7 cm³/mol. The van der Waals surface area contributed by atoms with E-state index in [2.05, 4.69) is 0 Å². The molecule has 130 valence electrons. The van der Waals surface area contributed by atoms with E-state index < -0.39 is 16.0 Å². The smallest absolute Gasteiger partial charge is 0.307 e. The molecule has 0 unspecified atom stereocenters. The average Bonchev–Trinajstić information content (AvgIpc) is 3.04. The first-order valence-corrected chi connectivity index (χ1v) is 9.12. The van der Waals surface area contributed by atoms with E-state index in [0.717, 1.165) is 5.56 Å². The lowest BCUT2D eigenvalue weighted by Gasteiger charge is -2.21. The van der Waals surface area contributed by atoms with Gasteiger partial charge in [0.1, 0.15) is 5.76 Å². The maximum Gasteiger partial charge on any atom is 0.307 e. The van der Waals surface area contributed by atoms with Crippen molar-refractivity contribution in [2.24, 2.45) is 0 Å². The maximum atomic E-state index is 12.9. The van der Waals surface area contributed by atoms with Gasteiger partial charge in [0.05, 0.1) is 30.7 Å². The van der Waals surface area contributed by atoms with Crippen LogP contribution in [0.15, 0.2) is 52.0 Å². The molecule has 0 aliphatic heterocycles. The third-order valence-electron chi connectivity index (χ3n) is 3.41. The molecule has 0 N–H and O–H groups in total. The number of hydrogen-bond acceptors (Lipinski definition) is 5. The quantitative estimate of drug-likeness (QED) is 0.684. The number of sulfonamides is 1. The second-order valence-electron chi connectivity index (χ2n) is 5.29. The number of hydrogen-bond donors (Lipinski definition) is 0. The summed E-state index contributed by atoms with van der Waals surface area (Å²) in [5.74, 6) is 0.0801. The molecule has 0 amide bonds. The molecule has 6 nitrogen and oxygen atoms in total. The zero-order valence-electron chi connectivity index (χ0n) is 13.8. The average molecular weight is 351 g/mol. The van der Waals surface area contributed by atoms with Gasteiger partial charge >= 0.3 is 5.97 Å². The monoisotopic (exact) mass is 351 g/mol. The van der Waals surface area contributed by atoms with E-state index in [0.29, 0.717) is 5.76 Å². The second kappa shape index (κ2) is 8.12. The van der Waals surface area contributed by atoms with Crippen molar-refractivity contribution in [3.8, 4) is 0 Å². The minimum Gasteiger partial charge on any atom is -0.468 e. The Morgan fingerprint density at radius 3 is 2.67 bits per heavy atom. The van der Waals surface area contributed by atoms with Crippen LogP contribution >= 0.6 is 0 Å². The van der Waals surface area contributed by atoms with Gasteiger partial charge in [-0.05, 0) is 43.7 Å². The molecule has 7 heteroatoms. The van der Waals surface area contributed by atoms with Crippen molar-refractivity contribution in [1.82, 2.24) is 4.31 Å². The highest BCUT2D eigenvalue weighted by atomic mass is 32.2. The van der Waals surface area contributed by atoms with E-state index in [1.165, 1.54) is 10.6 Å². The van der Waals surface area contributed by atoms with Crippen LogP contribution in [0.2, 0.25) is 0 Å². The van der Waals surface area contributed by atoms with Gasteiger partial charge in [0.15, 0.2) is 0 Å². The molecule has 0 atom stereocenters. The largest absolute Gasteiger partial charge is 0.468 e. The number of carbonyl (C=O) groups excluding carboxylic acids is 1. The van der Waals surface area contributed by atoms with Gasteiger partial charge in [0.2, 0.25) is 10.0 Å². The topological polar surface area (TPSA) is 76.8 Å². The summed E-state index contributed by atoms with van der Waals surface area (Å²) in [4.78, 5) is 11.8. The molecule has 2 rings (SSSR count). The minimum atomic E-state index is -3.74.